The fraction of sp³-hybridized carbons (Fsp3) is 0.833. The number of nitrogens with two attached hydrogens (primary N) is 1. The van der Waals surface area contributed by atoms with E-state index in [0.29, 0.717) is 13.2 Å². The van der Waals surface area contributed by atoms with Gasteiger partial charge in [0.2, 0.25) is 5.91 Å². The van der Waals surface area contributed by atoms with Crippen LogP contribution >= 0.6 is 0 Å². The first-order valence-electron chi connectivity index (χ1n) is 3.30. The smallest absolute Gasteiger partial charge is 0.237 e. The van der Waals surface area contributed by atoms with Crippen molar-refractivity contribution in [1.29, 1.82) is 0 Å². The molecule has 58 valence electrons. The summed E-state index contributed by atoms with van der Waals surface area (Å²) < 4.78 is 4.89. The van der Waals surface area contributed by atoms with Crippen molar-refractivity contribution >= 4 is 5.91 Å². The van der Waals surface area contributed by atoms with Gasteiger partial charge in [0.15, 0.2) is 0 Å². The molecule has 1 atom stereocenters. The first kappa shape index (κ1) is 7.50. The quantitative estimate of drug-likeness (QED) is 0.506. The normalized spacial score (nSPS) is 21.4. The second-order valence-corrected chi connectivity index (χ2v) is 2.44. The van der Waals surface area contributed by atoms with Crippen LogP contribution in [0.3, 0.4) is 0 Å². The number of hydrogen-bond donors (Lipinski definition) is 2. The highest BCUT2D eigenvalue weighted by Gasteiger charge is 2.29. The molecule has 0 unspecified atom stereocenters. The molecule has 0 aromatic carbocycles. The fourth-order valence-electron chi connectivity index (χ4n) is 0.842. The molecule has 0 aromatic rings. The van der Waals surface area contributed by atoms with Crippen LogP contribution in [0.15, 0.2) is 0 Å². The highest BCUT2D eigenvalue weighted by molar-refractivity contribution is 5.81. The van der Waals surface area contributed by atoms with E-state index in [9.17, 15) is 4.79 Å². The Morgan fingerprint density at radius 2 is 2.40 bits per heavy atom. The molecule has 0 aliphatic carbocycles. The molecule has 4 nitrogen and oxygen atoms in total. The fourth-order valence-corrected chi connectivity index (χ4v) is 0.842. The van der Waals surface area contributed by atoms with E-state index in [1.807, 2.05) is 0 Å². The van der Waals surface area contributed by atoms with Gasteiger partial charge in [0.05, 0.1) is 19.3 Å². The Morgan fingerprint density at radius 1 is 1.80 bits per heavy atom. The molecule has 0 radical (unpaired) electrons. The van der Waals surface area contributed by atoms with Crippen LogP contribution < -0.4 is 11.1 Å². The molecule has 1 aliphatic rings. The van der Waals surface area contributed by atoms with E-state index in [-0.39, 0.29) is 11.8 Å². The Balaban J connectivity index is 2.31. The molecule has 1 aliphatic heterocycles. The highest BCUT2D eigenvalue weighted by atomic mass is 16.5. The number of nitrogens with one attached hydrogen (secondary N) is 1. The minimum absolute atomic E-state index is 0.103. The van der Waals surface area contributed by atoms with Crippen molar-refractivity contribution in [3.63, 3.8) is 0 Å². The topological polar surface area (TPSA) is 64.4 Å². The van der Waals surface area contributed by atoms with Crippen LogP contribution in [-0.2, 0) is 9.53 Å². The van der Waals surface area contributed by atoms with Crippen LogP contribution in [0.25, 0.3) is 0 Å². The largest absolute Gasteiger partial charge is 0.381 e. The van der Waals surface area contributed by atoms with E-state index in [1.165, 1.54) is 0 Å². The third-order valence-electron chi connectivity index (χ3n) is 1.72. The molecule has 1 saturated heterocycles. The third-order valence-corrected chi connectivity index (χ3v) is 1.72. The number of likely N-dealkylation sites (N-methyl/N-ethyl adjacent to an activating group) is 1. The van der Waals surface area contributed by atoms with E-state index in [0.717, 1.165) is 0 Å². The van der Waals surface area contributed by atoms with E-state index in [1.54, 1.807) is 7.05 Å². The molecule has 1 fully saturated rings. The highest BCUT2D eigenvalue weighted by Crippen LogP contribution is 2.12. The minimum atomic E-state index is -0.390. The average molecular weight is 144 g/mol. The van der Waals surface area contributed by atoms with E-state index >= 15 is 0 Å². The summed E-state index contributed by atoms with van der Waals surface area (Å²) in [5, 5.41) is 2.49. The standard InChI is InChI=1S/C6H12N2O2/c1-8-6(9)5(7)4-2-10-3-4/h4-5H,2-3,7H2,1H3,(H,8,9)/t5-/m1/s1. The SMILES string of the molecule is CNC(=O)[C@H](N)C1COC1. The van der Waals surface area contributed by atoms with Gasteiger partial charge in [-0.05, 0) is 0 Å². The maximum atomic E-state index is 10.9. The van der Waals surface area contributed by atoms with Crippen LogP contribution in [0.2, 0.25) is 0 Å². The predicted molar refractivity (Wildman–Crippen MR) is 36.4 cm³/mol. The Hall–Kier alpha value is -0.610. The number of carbonyl (C=O) groups excluding carboxylic acids is 1. The Labute approximate surface area is 59.7 Å². The van der Waals surface area contributed by atoms with Crippen molar-refractivity contribution < 1.29 is 9.53 Å². The molecular weight excluding hydrogens is 132 g/mol. The lowest BCUT2D eigenvalue weighted by Crippen LogP contribution is -2.51. The Morgan fingerprint density at radius 3 is 2.70 bits per heavy atom. The number of rotatable bonds is 2. The Bertz CT molecular complexity index is 134. The van der Waals surface area contributed by atoms with Crippen LogP contribution in [0.1, 0.15) is 0 Å². The molecule has 1 rings (SSSR count). The molecule has 4 heteroatoms. The molecule has 0 aromatic heterocycles. The summed E-state index contributed by atoms with van der Waals surface area (Å²) in [6, 6.07) is -0.390. The maximum Gasteiger partial charge on any atom is 0.237 e. The van der Waals surface area contributed by atoms with Gasteiger partial charge < -0.3 is 15.8 Å². The zero-order valence-corrected chi connectivity index (χ0v) is 5.96. The summed E-state index contributed by atoms with van der Waals surface area (Å²) >= 11 is 0. The molecule has 1 heterocycles. The van der Waals surface area contributed by atoms with Crippen LogP contribution in [0, 0.1) is 5.92 Å². The monoisotopic (exact) mass is 144 g/mol. The first-order chi connectivity index (χ1) is 4.75. The summed E-state index contributed by atoms with van der Waals surface area (Å²) in [4.78, 5) is 10.9. The molecule has 0 bridgehead atoms. The maximum absolute atomic E-state index is 10.9. The van der Waals surface area contributed by atoms with Crippen molar-refractivity contribution in [1.82, 2.24) is 5.32 Å². The van der Waals surface area contributed by atoms with Gasteiger partial charge >= 0.3 is 0 Å². The van der Waals surface area contributed by atoms with Crippen molar-refractivity contribution in [2.45, 2.75) is 6.04 Å². The van der Waals surface area contributed by atoms with Gasteiger partial charge in [0.25, 0.3) is 0 Å². The van der Waals surface area contributed by atoms with E-state index in [4.69, 9.17) is 10.5 Å². The second kappa shape index (κ2) is 2.98. The van der Waals surface area contributed by atoms with Gasteiger partial charge in [-0.3, -0.25) is 4.79 Å². The Kier molecular flexibility index (Phi) is 2.24. The number of amides is 1. The van der Waals surface area contributed by atoms with Crippen molar-refractivity contribution in [2.75, 3.05) is 20.3 Å². The van der Waals surface area contributed by atoms with Crippen molar-refractivity contribution in [2.24, 2.45) is 11.7 Å². The summed E-state index contributed by atoms with van der Waals surface area (Å²) in [6.07, 6.45) is 0. The first-order valence-corrected chi connectivity index (χ1v) is 3.30. The molecule has 1 amide bonds. The van der Waals surface area contributed by atoms with Crippen LogP contribution in [0.4, 0.5) is 0 Å². The van der Waals surface area contributed by atoms with Gasteiger partial charge in [0.1, 0.15) is 0 Å². The number of ether oxygens (including phenoxy) is 1. The van der Waals surface area contributed by atoms with Gasteiger partial charge in [0, 0.05) is 13.0 Å². The molecule has 0 saturated carbocycles. The van der Waals surface area contributed by atoms with Crippen LogP contribution in [0.5, 0.6) is 0 Å². The van der Waals surface area contributed by atoms with Gasteiger partial charge in [-0.15, -0.1) is 0 Å². The van der Waals surface area contributed by atoms with Crippen LogP contribution in [-0.4, -0.2) is 32.2 Å². The summed E-state index contributed by atoms with van der Waals surface area (Å²) in [5.41, 5.74) is 5.54. The summed E-state index contributed by atoms with van der Waals surface area (Å²) in [5.74, 6) is 0.119. The minimum Gasteiger partial charge on any atom is -0.381 e. The van der Waals surface area contributed by atoms with Crippen molar-refractivity contribution in [3.05, 3.63) is 0 Å². The molecule has 10 heavy (non-hydrogen) atoms. The summed E-state index contributed by atoms with van der Waals surface area (Å²) in [7, 11) is 1.59. The lowest BCUT2D eigenvalue weighted by molar-refractivity contribution is -0.128. The van der Waals surface area contributed by atoms with E-state index in [2.05, 4.69) is 5.32 Å². The average Bonchev–Trinajstić information content (AvgIpc) is 1.82. The lowest BCUT2D eigenvalue weighted by atomic mass is 9.98. The van der Waals surface area contributed by atoms with E-state index < -0.39 is 6.04 Å². The van der Waals surface area contributed by atoms with Gasteiger partial charge in [-0.2, -0.15) is 0 Å². The zero-order valence-electron chi connectivity index (χ0n) is 5.96. The molecule has 3 N–H and O–H groups in total. The third kappa shape index (κ3) is 1.27. The molecular formula is C6H12N2O2. The second-order valence-electron chi connectivity index (χ2n) is 2.44. The van der Waals surface area contributed by atoms with Crippen molar-refractivity contribution in [3.8, 4) is 0 Å². The molecule has 0 spiro atoms. The van der Waals surface area contributed by atoms with Gasteiger partial charge in [-0.1, -0.05) is 0 Å². The predicted octanol–water partition coefficient (Wildman–Crippen LogP) is -1.29. The number of carbonyl (C=O) groups is 1. The summed E-state index contributed by atoms with van der Waals surface area (Å²) in [6.45, 7) is 1.24. The number of hydrogen-bond acceptors (Lipinski definition) is 3. The van der Waals surface area contributed by atoms with Gasteiger partial charge in [-0.25, -0.2) is 0 Å². The zero-order chi connectivity index (χ0) is 7.56. The lowest BCUT2D eigenvalue weighted by Gasteiger charge is -2.29.